The van der Waals surface area contributed by atoms with Crippen LogP contribution in [0.4, 0.5) is 0 Å². The smallest absolute Gasteiger partial charge is 0.338 e. The molecule has 6 nitrogen and oxygen atoms in total. The van der Waals surface area contributed by atoms with Crippen LogP contribution in [0.2, 0.25) is 0 Å². The molecule has 0 amide bonds. The van der Waals surface area contributed by atoms with Gasteiger partial charge in [0.1, 0.15) is 5.75 Å². The minimum atomic E-state index is -0.563. The van der Waals surface area contributed by atoms with Gasteiger partial charge in [0.05, 0.1) is 19.2 Å². The van der Waals surface area contributed by atoms with E-state index in [1.807, 2.05) is 0 Å². The molecule has 1 saturated heterocycles. The lowest BCUT2D eigenvalue weighted by Crippen LogP contribution is -2.36. The van der Waals surface area contributed by atoms with Crippen LogP contribution in [0.15, 0.2) is 48.5 Å². The highest BCUT2D eigenvalue weighted by atomic mass is 16.5. The molecule has 0 spiro atoms. The third-order valence-electron chi connectivity index (χ3n) is 4.73. The summed E-state index contributed by atoms with van der Waals surface area (Å²) in [5.74, 6) is -0.781. The standard InChI is InChI=1S/C22H23NO5/c1-27-22(26)19-8-4-3-7-18(19)21(25)16-9-11-17(12-10-16)28-20(24)15-23-13-5-2-6-14-23/h3-4,7-12H,2,5-6,13-15H2,1H3. The van der Waals surface area contributed by atoms with Gasteiger partial charge in [-0.1, -0.05) is 24.6 Å². The quantitative estimate of drug-likeness (QED) is 0.435. The van der Waals surface area contributed by atoms with E-state index in [1.165, 1.54) is 13.5 Å². The SMILES string of the molecule is COC(=O)c1ccccc1C(=O)c1ccc(OC(=O)CN2CCCCC2)cc1. The molecule has 1 fully saturated rings. The Labute approximate surface area is 164 Å². The van der Waals surface area contributed by atoms with Gasteiger partial charge in [0.15, 0.2) is 5.78 Å². The van der Waals surface area contributed by atoms with Gasteiger partial charge in [-0.25, -0.2) is 4.79 Å². The van der Waals surface area contributed by atoms with Gasteiger partial charge in [-0.15, -0.1) is 0 Å². The molecule has 1 aliphatic rings. The van der Waals surface area contributed by atoms with Crippen molar-refractivity contribution in [3.8, 4) is 5.75 Å². The van der Waals surface area contributed by atoms with Crippen LogP contribution >= 0.6 is 0 Å². The summed E-state index contributed by atoms with van der Waals surface area (Å²) in [6.07, 6.45) is 3.43. The van der Waals surface area contributed by atoms with Gasteiger partial charge in [-0.3, -0.25) is 14.5 Å². The Morgan fingerprint density at radius 2 is 1.54 bits per heavy atom. The highest BCUT2D eigenvalue weighted by molar-refractivity contribution is 6.14. The molecule has 0 bridgehead atoms. The molecule has 0 atom stereocenters. The molecule has 28 heavy (non-hydrogen) atoms. The normalized spacial score (nSPS) is 14.3. The average molecular weight is 381 g/mol. The van der Waals surface area contributed by atoms with Crippen molar-refractivity contribution in [2.24, 2.45) is 0 Å². The van der Waals surface area contributed by atoms with Crippen molar-refractivity contribution >= 4 is 17.7 Å². The summed E-state index contributed by atoms with van der Waals surface area (Å²) >= 11 is 0. The van der Waals surface area contributed by atoms with E-state index >= 15 is 0 Å². The second-order valence-corrected chi connectivity index (χ2v) is 6.70. The number of piperidine rings is 1. The first-order valence-electron chi connectivity index (χ1n) is 9.33. The fourth-order valence-corrected chi connectivity index (χ4v) is 3.26. The molecule has 0 aliphatic carbocycles. The highest BCUT2D eigenvalue weighted by Crippen LogP contribution is 2.19. The molecule has 6 heteroatoms. The molecule has 0 aromatic heterocycles. The Bertz CT molecular complexity index is 853. The van der Waals surface area contributed by atoms with E-state index in [9.17, 15) is 14.4 Å². The van der Waals surface area contributed by atoms with Gasteiger partial charge < -0.3 is 9.47 Å². The number of hydrogen-bond donors (Lipinski definition) is 0. The van der Waals surface area contributed by atoms with Crippen LogP contribution in [0.5, 0.6) is 5.75 Å². The zero-order chi connectivity index (χ0) is 19.9. The maximum Gasteiger partial charge on any atom is 0.338 e. The van der Waals surface area contributed by atoms with Crippen molar-refractivity contribution in [2.45, 2.75) is 19.3 Å². The first-order valence-corrected chi connectivity index (χ1v) is 9.33. The lowest BCUT2D eigenvalue weighted by Gasteiger charge is -2.25. The van der Waals surface area contributed by atoms with Gasteiger partial charge in [0, 0.05) is 11.1 Å². The summed E-state index contributed by atoms with van der Waals surface area (Å²) in [4.78, 5) is 38.8. The van der Waals surface area contributed by atoms with E-state index in [0.717, 1.165) is 25.9 Å². The second kappa shape index (κ2) is 9.28. The number of carbonyl (C=O) groups is 3. The summed E-state index contributed by atoms with van der Waals surface area (Å²) in [6, 6.07) is 12.8. The average Bonchev–Trinajstić information content (AvgIpc) is 2.74. The number of hydrogen-bond acceptors (Lipinski definition) is 6. The second-order valence-electron chi connectivity index (χ2n) is 6.70. The molecular weight excluding hydrogens is 358 g/mol. The third-order valence-corrected chi connectivity index (χ3v) is 4.73. The van der Waals surface area contributed by atoms with Crippen LogP contribution in [0.25, 0.3) is 0 Å². The first kappa shape index (κ1) is 19.8. The molecule has 0 unspecified atom stereocenters. The largest absolute Gasteiger partial charge is 0.465 e. The third kappa shape index (κ3) is 4.84. The molecule has 2 aromatic rings. The molecule has 1 aliphatic heterocycles. The molecule has 0 radical (unpaired) electrons. The van der Waals surface area contributed by atoms with Crippen LogP contribution < -0.4 is 4.74 Å². The van der Waals surface area contributed by atoms with E-state index in [2.05, 4.69) is 4.90 Å². The number of likely N-dealkylation sites (tertiary alicyclic amines) is 1. The Balaban J connectivity index is 1.66. The van der Waals surface area contributed by atoms with E-state index in [4.69, 9.17) is 9.47 Å². The molecule has 0 N–H and O–H groups in total. The number of carbonyl (C=O) groups excluding carboxylic acids is 3. The van der Waals surface area contributed by atoms with Crippen LogP contribution in [-0.2, 0) is 9.53 Å². The monoisotopic (exact) mass is 381 g/mol. The molecule has 0 saturated carbocycles. The summed E-state index contributed by atoms with van der Waals surface area (Å²) in [7, 11) is 1.27. The van der Waals surface area contributed by atoms with Crippen molar-refractivity contribution in [3.63, 3.8) is 0 Å². The Hall–Kier alpha value is -2.99. The fourth-order valence-electron chi connectivity index (χ4n) is 3.26. The molecule has 3 rings (SSSR count). The lowest BCUT2D eigenvalue weighted by atomic mass is 9.98. The Morgan fingerprint density at radius 3 is 2.18 bits per heavy atom. The molecular formula is C22H23NO5. The topological polar surface area (TPSA) is 72.9 Å². The van der Waals surface area contributed by atoms with Gasteiger partial charge in [0.2, 0.25) is 0 Å². The lowest BCUT2D eigenvalue weighted by molar-refractivity contribution is -0.135. The highest BCUT2D eigenvalue weighted by Gasteiger charge is 2.19. The van der Waals surface area contributed by atoms with Gasteiger partial charge in [-0.05, 0) is 56.3 Å². The van der Waals surface area contributed by atoms with E-state index < -0.39 is 5.97 Å². The van der Waals surface area contributed by atoms with Gasteiger partial charge in [0.25, 0.3) is 0 Å². The van der Waals surface area contributed by atoms with E-state index in [0.29, 0.717) is 11.3 Å². The Kier molecular flexibility index (Phi) is 6.55. The van der Waals surface area contributed by atoms with Crippen molar-refractivity contribution in [1.82, 2.24) is 4.90 Å². The maximum atomic E-state index is 12.8. The molecule has 2 aromatic carbocycles. The van der Waals surface area contributed by atoms with Crippen molar-refractivity contribution in [1.29, 1.82) is 0 Å². The van der Waals surface area contributed by atoms with Crippen molar-refractivity contribution < 1.29 is 23.9 Å². The number of rotatable bonds is 6. The summed E-state index contributed by atoms with van der Waals surface area (Å²) < 4.78 is 10.1. The number of benzene rings is 2. The molecule has 1 heterocycles. The number of ether oxygens (including phenoxy) is 2. The molecule has 146 valence electrons. The van der Waals surface area contributed by atoms with Gasteiger partial charge in [-0.2, -0.15) is 0 Å². The van der Waals surface area contributed by atoms with Crippen LogP contribution in [-0.4, -0.2) is 49.4 Å². The predicted molar refractivity (Wildman–Crippen MR) is 104 cm³/mol. The zero-order valence-electron chi connectivity index (χ0n) is 15.8. The first-order chi connectivity index (χ1) is 13.6. The van der Waals surface area contributed by atoms with Crippen LogP contribution in [0.1, 0.15) is 45.5 Å². The minimum Gasteiger partial charge on any atom is -0.465 e. The zero-order valence-corrected chi connectivity index (χ0v) is 15.8. The predicted octanol–water partition coefficient (Wildman–Crippen LogP) is 3.10. The van der Waals surface area contributed by atoms with Crippen molar-refractivity contribution in [3.05, 3.63) is 65.2 Å². The minimum absolute atomic E-state index is 0.215. The van der Waals surface area contributed by atoms with E-state index in [-0.39, 0.29) is 29.4 Å². The van der Waals surface area contributed by atoms with Crippen LogP contribution in [0.3, 0.4) is 0 Å². The van der Waals surface area contributed by atoms with Crippen molar-refractivity contribution in [2.75, 3.05) is 26.7 Å². The summed E-state index contributed by atoms with van der Waals surface area (Å²) in [5, 5.41) is 0. The number of esters is 2. The number of nitrogens with zero attached hydrogens (tertiary/aromatic N) is 1. The van der Waals surface area contributed by atoms with E-state index in [1.54, 1.807) is 48.5 Å². The summed E-state index contributed by atoms with van der Waals surface area (Å²) in [5.41, 5.74) is 0.878. The maximum absolute atomic E-state index is 12.8. The number of ketones is 1. The summed E-state index contributed by atoms with van der Waals surface area (Å²) in [6.45, 7) is 2.11. The fraction of sp³-hybridized carbons (Fsp3) is 0.318. The Morgan fingerprint density at radius 1 is 0.893 bits per heavy atom. The number of methoxy groups -OCH3 is 1. The van der Waals surface area contributed by atoms with Gasteiger partial charge >= 0.3 is 11.9 Å². The van der Waals surface area contributed by atoms with Crippen LogP contribution in [0, 0.1) is 0 Å².